The summed E-state index contributed by atoms with van der Waals surface area (Å²) in [6, 6.07) is 13.8. The second-order valence-electron chi connectivity index (χ2n) is 12.0. The summed E-state index contributed by atoms with van der Waals surface area (Å²) in [4.78, 5) is 22.1. The van der Waals surface area contributed by atoms with Gasteiger partial charge in [-0.15, -0.1) is 0 Å². The predicted molar refractivity (Wildman–Crippen MR) is 186 cm³/mol. The summed E-state index contributed by atoms with van der Waals surface area (Å²) in [6.07, 6.45) is 7.47. The maximum atomic E-state index is 13.6. The Bertz CT molecular complexity index is 2110. The lowest BCUT2D eigenvalue weighted by molar-refractivity contribution is 0.313. The average Bonchev–Trinajstić information content (AvgIpc) is 3.70. The molecule has 0 atom stereocenters. The van der Waals surface area contributed by atoms with Gasteiger partial charge in [0, 0.05) is 85.4 Å². The summed E-state index contributed by atoms with van der Waals surface area (Å²) >= 11 is 0. The number of aromatic nitrogens is 6. The largest absolute Gasteiger partial charge is 0.494 e. The van der Waals surface area contributed by atoms with Gasteiger partial charge in [0.25, 0.3) is 0 Å². The Morgan fingerprint density at radius 3 is 2.52 bits per heavy atom. The lowest BCUT2D eigenvalue weighted by atomic mass is 10.0. The van der Waals surface area contributed by atoms with Gasteiger partial charge in [0.15, 0.2) is 0 Å². The normalized spacial score (nSPS) is 14.2. The third kappa shape index (κ3) is 5.65. The van der Waals surface area contributed by atoms with Crippen LogP contribution < -0.4 is 25.6 Å². The number of methoxy groups -OCH3 is 1. The second kappa shape index (κ2) is 11.8. The summed E-state index contributed by atoms with van der Waals surface area (Å²) in [5.74, 6) is 1.63. The van der Waals surface area contributed by atoms with Gasteiger partial charge < -0.3 is 34.7 Å². The van der Waals surface area contributed by atoms with Crippen LogP contribution in [-0.2, 0) is 11.6 Å². The summed E-state index contributed by atoms with van der Waals surface area (Å²) < 4.78 is 21.3. The van der Waals surface area contributed by atoms with Gasteiger partial charge in [-0.3, -0.25) is 9.67 Å². The van der Waals surface area contributed by atoms with Crippen molar-refractivity contribution >= 4 is 63.2 Å². The number of H-pyrrole nitrogens is 1. The molecular formula is C33H37N10O2P. The standard InChI is InChI=1S/C33H37N10O2P/c1-41-13-15-43(16-14-41)28-18-29(45-3)27(17-24(28)21-19-36-42(2)20-21)38-33-39-31-23(10-12-35-31)32(40-33)37-26-9-8-25-22(7-6-11-34-25)30(26)46(4,5)44/h6-12,17-20H,13-16H2,1-5H3,(H3,35,37,38,39,40). The van der Waals surface area contributed by atoms with Crippen molar-refractivity contribution < 1.29 is 9.30 Å². The van der Waals surface area contributed by atoms with E-state index in [0.29, 0.717) is 28.9 Å². The van der Waals surface area contributed by atoms with Gasteiger partial charge in [0.1, 0.15) is 24.4 Å². The van der Waals surface area contributed by atoms with Crippen LogP contribution in [0.1, 0.15) is 0 Å². The Labute approximate surface area is 267 Å². The van der Waals surface area contributed by atoms with Gasteiger partial charge in [-0.1, -0.05) is 6.07 Å². The first-order valence-electron chi connectivity index (χ1n) is 15.1. The zero-order valence-corrected chi connectivity index (χ0v) is 27.5. The maximum Gasteiger partial charge on any atom is 0.231 e. The van der Waals surface area contributed by atoms with Crippen molar-refractivity contribution in [2.24, 2.45) is 7.05 Å². The number of piperazine rings is 1. The molecule has 12 nitrogen and oxygen atoms in total. The average molecular weight is 637 g/mol. The molecule has 2 aromatic carbocycles. The van der Waals surface area contributed by atoms with E-state index in [4.69, 9.17) is 14.7 Å². The lowest BCUT2D eigenvalue weighted by Gasteiger charge is -2.35. The Morgan fingerprint density at radius 1 is 0.957 bits per heavy atom. The number of nitrogens with zero attached hydrogens (tertiary/aromatic N) is 7. The molecule has 0 spiro atoms. The fourth-order valence-corrected chi connectivity index (χ4v) is 7.57. The van der Waals surface area contributed by atoms with E-state index in [-0.39, 0.29) is 0 Å². The molecule has 0 aliphatic carbocycles. The first-order valence-corrected chi connectivity index (χ1v) is 17.7. The third-order valence-electron chi connectivity index (χ3n) is 8.39. The number of likely N-dealkylation sites (N-methyl/N-ethyl adjacent to an activating group) is 1. The van der Waals surface area contributed by atoms with Gasteiger partial charge in [-0.2, -0.15) is 15.1 Å². The van der Waals surface area contributed by atoms with Crippen LogP contribution in [0, 0.1) is 0 Å². The smallest absolute Gasteiger partial charge is 0.231 e. The van der Waals surface area contributed by atoms with E-state index in [1.54, 1.807) is 26.6 Å². The number of anilines is 5. The predicted octanol–water partition coefficient (Wildman–Crippen LogP) is 5.40. The molecule has 0 radical (unpaired) electrons. The summed E-state index contributed by atoms with van der Waals surface area (Å²) in [6.45, 7) is 7.34. The highest BCUT2D eigenvalue weighted by molar-refractivity contribution is 7.71. The van der Waals surface area contributed by atoms with Crippen molar-refractivity contribution in [2.45, 2.75) is 0 Å². The molecule has 236 valence electrons. The van der Waals surface area contributed by atoms with E-state index in [2.05, 4.69) is 54.7 Å². The molecule has 1 aliphatic heterocycles. The van der Waals surface area contributed by atoms with Crippen molar-refractivity contribution in [1.29, 1.82) is 0 Å². The molecule has 0 unspecified atom stereocenters. The van der Waals surface area contributed by atoms with Gasteiger partial charge in [-0.05, 0) is 50.7 Å². The maximum absolute atomic E-state index is 13.6. The fraction of sp³-hybridized carbons (Fsp3) is 0.273. The number of pyridine rings is 1. The van der Waals surface area contributed by atoms with Crippen molar-refractivity contribution in [3.63, 3.8) is 0 Å². The molecule has 46 heavy (non-hydrogen) atoms. The van der Waals surface area contributed by atoms with Crippen LogP contribution in [0.3, 0.4) is 0 Å². The van der Waals surface area contributed by atoms with E-state index in [0.717, 1.165) is 70.3 Å². The van der Waals surface area contributed by atoms with Crippen molar-refractivity contribution in [2.75, 3.05) is 69.2 Å². The van der Waals surface area contributed by atoms with Crippen LogP contribution in [0.15, 0.2) is 67.3 Å². The van der Waals surface area contributed by atoms with Crippen LogP contribution in [0.25, 0.3) is 33.1 Å². The highest BCUT2D eigenvalue weighted by Gasteiger charge is 2.24. The highest BCUT2D eigenvalue weighted by Crippen LogP contribution is 2.43. The van der Waals surface area contributed by atoms with Gasteiger partial charge >= 0.3 is 0 Å². The molecule has 1 saturated heterocycles. The van der Waals surface area contributed by atoms with Crippen molar-refractivity contribution in [1.82, 2.24) is 34.6 Å². The Hall–Kier alpha value is -4.93. The number of hydrogen-bond donors (Lipinski definition) is 3. The SMILES string of the molecule is COc1cc(N2CCN(C)CC2)c(-c2cnn(C)c2)cc1Nc1nc(Nc2ccc3ncccc3c2P(C)(C)=O)c2cc[nH]c2n1. The lowest BCUT2D eigenvalue weighted by Crippen LogP contribution is -2.44. The van der Waals surface area contributed by atoms with Gasteiger partial charge in [-0.25, -0.2) is 0 Å². The van der Waals surface area contributed by atoms with Crippen LogP contribution >= 0.6 is 7.14 Å². The Kier molecular flexibility index (Phi) is 7.62. The number of ether oxygens (including phenoxy) is 1. The summed E-state index contributed by atoms with van der Waals surface area (Å²) in [5, 5.41) is 13.8. The highest BCUT2D eigenvalue weighted by atomic mass is 31.2. The Balaban J connectivity index is 1.31. The first-order chi connectivity index (χ1) is 22.2. The minimum Gasteiger partial charge on any atom is -0.494 e. The van der Waals surface area contributed by atoms with E-state index in [1.165, 1.54) is 0 Å². The molecule has 0 bridgehead atoms. The number of benzene rings is 2. The van der Waals surface area contributed by atoms with E-state index >= 15 is 0 Å². The van der Waals surface area contributed by atoms with Crippen molar-refractivity contribution in [3.05, 3.63) is 67.3 Å². The topological polar surface area (TPSA) is 129 Å². The zero-order valence-electron chi connectivity index (χ0n) is 26.6. The third-order valence-corrected chi connectivity index (χ3v) is 9.95. The van der Waals surface area contributed by atoms with Gasteiger partial charge in [0.2, 0.25) is 5.95 Å². The molecule has 4 aromatic heterocycles. The second-order valence-corrected chi connectivity index (χ2v) is 15.2. The molecule has 6 aromatic rings. The quantitative estimate of drug-likeness (QED) is 0.187. The number of hydrogen-bond acceptors (Lipinski definition) is 10. The van der Waals surface area contributed by atoms with E-state index in [9.17, 15) is 4.57 Å². The molecule has 1 aliphatic rings. The van der Waals surface area contributed by atoms with Crippen LogP contribution in [0.5, 0.6) is 5.75 Å². The number of fused-ring (bicyclic) bond motifs is 2. The summed E-state index contributed by atoms with van der Waals surface area (Å²) in [5.41, 5.74) is 6.02. The molecule has 3 N–H and O–H groups in total. The molecule has 7 rings (SSSR count). The zero-order chi connectivity index (χ0) is 32.0. The van der Waals surface area contributed by atoms with Crippen LogP contribution in [0.4, 0.5) is 28.8 Å². The first kappa shape index (κ1) is 29.8. The fourth-order valence-electron chi connectivity index (χ4n) is 6.09. The molecular weight excluding hydrogens is 599 g/mol. The number of aryl methyl sites for hydroxylation is 1. The Morgan fingerprint density at radius 2 is 1.78 bits per heavy atom. The van der Waals surface area contributed by atoms with Crippen LogP contribution in [-0.4, -0.2) is 88.3 Å². The number of rotatable bonds is 8. The minimum atomic E-state index is -2.71. The minimum absolute atomic E-state index is 0.375. The van der Waals surface area contributed by atoms with E-state index in [1.807, 2.05) is 60.7 Å². The van der Waals surface area contributed by atoms with Crippen LogP contribution in [0.2, 0.25) is 0 Å². The molecule has 0 saturated carbocycles. The molecule has 13 heteroatoms. The van der Waals surface area contributed by atoms with E-state index < -0.39 is 7.14 Å². The summed E-state index contributed by atoms with van der Waals surface area (Å²) in [7, 11) is 3.03. The molecule has 1 fully saturated rings. The number of aromatic amines is 1. The monoisotopic (exact) mass is 636 g/mol. The molecule has 0 amide bonds. The molecule has 5 heterocycles. The van der Waals surface area contributed by atoms with Gasteiger partial charge in [0.05, 0.1) is 35.6 Å². The number of nitrogens with one attached hydrogen (secondary N) is 3. The van der Waals surface area contributed by atoms with Crippen molar-refractivity contribution in [3.8, 4) is 16.9 Å².